The summed E-state index contributed by atoms with van der Waals surface area (Å²) in [5.74, 6) is 0. The van der Waals surface area contributed by atoms with Crippen molar-refractivity contribution in [3.05, 3.63) is 45.0 Å². The van der Waals surface area contributed by atoms with Gasteiger partial charge in [-0.1, -0.05) is 34.8 Å². The number of nitrogens with two attached hydrogens (primary N) is 1. The Kier molecular flexibility index (Phi) is 3.63. The smallest absolute Gasteiger partial charge is 0.101 e. The van der Waals surface area contributed by atoms with Crippen LogP contribution in [0, 0.1) is 11.3 Å². The fourth-order valence-electron chi connectivity index (χ4n) is 1.46. The van der Waals surface area contributed by atoms with Gasteiger partial charge in [-0.05, 0) is 18.2 Å². The van der Waals surface area contributed by atoms with Crippen LogP contribution in [-0.2, 0) is 0 Å². The SMILES string of the molecule is N#Cc1cc(-c2c(Cl)ccc(Cl)c2Cl)ncc1N. The molecule has 0 unspecified atom stereocenters. The predicted molar refractivity (Wildman–Crippen MR) is 73.8 cm³/mol. The Hall–Kier alpha value is -1.47. The Morgan fingerprint density at radius 3 is 2.50 bits per heavy atom. The molecule has 90 valence electrons. The van der Waals surface area contributed by atoms with Crippen LogP contribution in [0.5, 0.6) is 0 Å². The standard InChI is InChI=1S/C12H6Cl3N3/c13-7-1-2-8(14)12(15)11(7)10-3-6(4-16)9(17)5-18-10/h1-3,5H,17H2. The summed E-state index contributed by atoms with van der Waals surface area (Å²) < 4.78 is 0. The van der Waals surface area contributed by atoms with Gasteiger partial charge in [0, 0.05) is 5.56 Å². The molecule has 1 aromatic carbocycles. The topological polar surface area (TPSA) is 62.7 Å². The van der Waals surface area contributed by atoms with Gasteiger partial charge in [-0.2, -0.15) is 5.26 Å². The second-order valence-electron chi connectivity index (χ2n) is 3.49. The van der Waals surface area contributed by atoms with Gasteiger partial charge in [0.1, 0.15) is 6.07 Å². The van der Waals surface area contributed by atoms with E-state index in [1.54, 1.807) is 12.1 Å². The van der Waals surface area contributed by atoms with E-state index in [9.17, 15) is 0 Å². The van der Waals surface area contributed by atoms with Crippen molar-refractivity contribution in [2.45, 2.75) is 0 Å². The van der Waals surface area contributed by atoms with Crippen molar-refractivity contribution in [1.82, 2.24) is 4.98 Å². The fraction of sp³-hybridized carbons (Fsp3) is 0. The van der Waals surface area contributed by atoms with Crippen molar-refractivity contribution < 1.29 is 0 Å². The molecular formula is C12H6Cl3N3. The number of hydrogen-bond donors (Lipinski definition) is 1. The third-order valence-electron chi connectivity index (χ3n) is 2.36. The molecule has 1 aromatic heterocycles. The van der Waals surface area contributed by atoms with Gasteiger partial charge in [-0.3, -0.25) is 4.98 Å². The zero-order valence-corrected chi connectivity index (χ0v) is 11.2. The molecule has 2 rings (SSSR count). The lowest BCUT2D eigenvalue weighted by molar-refractivity contribution is 1.31. The van der Waals surface area contributed by atoms with Crippen molar-refractivity contribution in [2.75, 3.05) is 5.73 Å². The Balaban J connectivity index is 2.70. The van der Waals surface area contributed by atoms with Crippen LogP contribution in [0.4, 0.5) is 5.69 Å². The van der Waals surface area contributed by atoms with Gasteiger partial charge in [0.25, 0.3) is 0 Å². The van der Waals surface area contributed by atoms with Crippen LogP contribution < -0.4 is 5.73 Å². The summed E-state index contributed by atoms with van der Waals surface area (Å²) in [5, 5.41) is 10.0. The van der Waals surface area contributed by atoms with E-state index < -0.39 is 0 Å². The number of hydrogen-bond acceptors (Lipinski definition) is 3. The molecule has 0 aliphatic heterocycles. The maximum atomic E-state index is 8.93. The number of rotatable bonds is 1. The van der Waals surface area contributed by atoms with Crippen LogP contribution in [0.2, 0.25) is 15.1 Å². The molecule has 0 bridgehead atoms. The Bertz CT molecular complexity index is 662. The minimum absolute atomic E-state index is 0.297. The third kappa shape index (κ3) is 2.23. The Morgan fingerprint density at radius 1 is 1.17 bits per heavy atom. The lowest BCUT2D eigenvalue weighted by Gasteiger charge is -2.08. The number of anilines is 1. The molecule has 0 saturated carbocycles. The number of nitriles is 1. The molecule has 6 heteroatoms. The van der Waals surface area contributed by atoms with Crippen molar-refractivity contribution in [3.63, 3.8) is 0 Å². The van der Waals surface area contributed by atoms with E-state index in [4.69, 9.17) is 45.8 Å². The Morgan fingerprint density at radius 2 is 1.83 bits per heavy atom. The van der Waals surface area contributed by atoms with Crippen LogP contribution in [0.1, 0.15) is 5.56 Å². The van der Waals surface area contributed by atoms with Gasteiger partial charge in [-0.25, -0.2) is 0 Å². The first-order valence-electron chi connectivity index (χ1n) is 4.84. The van der Waals surface area contributed by atoms with E-state index >= 15 is 0 Å². The summed E-state index contributed by atoms with van der Waals surface area (Å²) >= 11 is 18.1. The van der Waals surface area contributed by atoms with Gasteiger partial charge in [-0.15, -0.1) is 0 Å². The number of aromatic nitrogens is 1. The highest BCUT2D eigenvalue weighted by Crippen LogP contribution is 2.38. The molecule has 0 saturated heterocycles. The maximum Gasteiger partial charge on any atom is 0.101 e. The van der Waals surface area contributed by atoms with Crippen LogP contribution in [0.15, 0.2) is 24.4 Å². The van der Waals surface area contributed by atoms with Crippen molar-refractivity contribution in [2.24, 2.45) is 0 Å². The molecule has 0 radical (unpaired) electrons. The first-order valence-corrected chi connectivity index (χ1v) is 5.97. The van der Waals surface area contributed by atoms with Crippen molar-refractivity contribution in [1.29, 1.82) is 5.26 Å². The van der Waals surface area contributed by atoms with Gasteiger partial charge in [0.05, 0.1) is 38.2 Å². The molecule has 0 aliphatic carbocycles. The van der Waals surface area contributed by atoms with Gasteiger partial charge in [0.2, 0.25) is 0 Å². The van der Waals surface area contributed by atoms with Crippen molar-refractivity contribution in [3.8, 4) is 17.3 Å². The number of benzene rings is 1. The molecule has 2 N–H and O–H groups in total. The summed E-state index contributed by atoms with van der Waals surface area (Å²) in [7, 11) is 0. The molecule has 1 heterocycles. The normalized spacial score (nSPS) is 10.1. The summed E-state index contributed by atoms with van der Waals surface area (Å²) in [4.78, 5) is 4.12. The quantitative estimate of drug-likeness (QED) is 0.804. The molecule has 0 spiro atoms. The second-order valence-corrected chi connectivity index (χ2v) is 4.68. The summed E-state index contributed by atoms with van der Waals surface area (Å²) in [6, 6.07) is 6.72. The molecule has 2 aromatic rings. The van der Waals surface area contributed by atoms with Crippen LogP contribution >= 0.6 is 34.8 Å². The third-order valence-corrected chi connectivity index (χ3v) is 3.47. The van der Waals surface area contributed by atoms with Gasteiger partial charge >= 0.3 is 0 Å². The average Bonchev–Trinajstić information content (AvgIpc) is 2.36. The number of nitrogen functional groups attached to an aromatic ring is 1. The highest BCUT2D eigenvalue weighted by atomic mass is 35.5. The number of pyridine rings is 1. The van der Waals surface area contributed by atoms with E-state index in [1.807, 2.05) is 6.07 Å². The summed E-state index contributed by atoms with van der Waals surface area (Å²) in [6.07, 6.45) is 1.39. The van der Waals surface area contributed by atoms with E-state index in [0.29, 0.717) is 37.6 Å². The van der Waals surface area contributed by atoms with Gasteiger partial charge in [0.15, 0.2) is 0 Å². The lowest BCUT2D eigenvalue weighted by Crippen LogP contribution is -1.94. The minimum atomic E-state index is 0.297. The largest absolute Gasteiger partial charge is 0.396 e. The molecule has 18 heavy (non-hydrogen) atoms. The van der Waals surface area contributed by atoms with E-state index in [2.05, 4.69) is 4.98 Å². The molecule has 3 nitrogen and oxygen atoms in total. The monoisotopic (exact) mass is 297 g/mol. The summed E-state index contributed by atoms with van der Waals surface area (Å²) in [6.45, 7) is 0. The highest BCUT2D eigenvalue weighted by Gasteiger charge is 2.14. The molecule has 0 amide bonds. The predicted octanol–water partition coefficient (Wildman–Crippen LogP) is 4.16. The van der Waals surface area contributed by atoms with Crippen LogP contribution in [-0.4, -0.2) is 4.98 Å². The second kappa shape index (κ2) is 5.03. The zero-order chi connectivity index (χ0) is 13.3. The summed E-state index contributed by atoms with van der Waals surface area (Å²) in [5.41, 5.74) is 7.17. The maximum absolute atomic E-state index is 8.93. The molecule has 0 aliphatic rings. The van der Waals surface area contributed by atoms with E-state index in [1.165, 1.54) is 12.3 Å². The Labute approximate surface area is 119 Å². The van der Waals surface area contributed by atoms with Crippen molar-refractivity contribution >= 4 is 40.5 Å². The molecule has 0 atom stereocenters. The average molecular weight is 299 g/mol. The highest BCUT2D eigenvalue weighted by molar-refractivity contribution is 6.46. The molecular weight excluding hydrogens is 293 g/mol. The minimum Gasteiger partial charge on any atom is -0.396 e. The first kappa shape index (κ1) is 13.0. The fourth-order valence-corrected chi connectivity index (χ4v) is 2.18. The van der Waals surface area contributed by atoms with Crippen LogP contribution in [0.25, 0.3) is 11.3 Å². The van der Waals surface area contributed by atoms with E-state index in [-0.39, 0.29) is 0 Å². The number of halogens is 3. The first-order chi connectivity index (χ1) is 8.54. The molecule has 0 fully saturated rings. The number of nitrogens with zero attached hydrogens (tertiary/aromatic N) is 2. The van der Waals surface area contributed by atoms with Gasteiger partial charge < -0.3 is 5.73 Å². The lowest BCUT2D eigenvalue weighted by atomic mass is 10.1. The van der Waals surface area contributed by atoms with E-state index in [0.717, 1.165) is 0 Å². The zero-order valence-electron chi connectivity index (χ0n) is 8.92. The van der Waals surface area contributed by atoms with Crippen LogP contribution in [0.3, 0.4) is 0 Å².